The molecule has 3 rings (SSSR count). The fourth-order valence-corrected chi connectivity index (χ4v) is 3.27. The van der Waals surface area contributed by atoms with Crippen molar-refractivity contribution in [2.24, 2.45) is 10.7 Å². The lowest BCUT2D eigenvalue weighted by Crippen LogP contribution is -2.26. The number of nitrogens with two attached hydrogens (primary N) is 1. The van der Waals surface area contributed by atoms with Crippen LogP contribution in [0.1, 0.15) is 35.1 Å². The molecule has 5 nitrogen and oxygen atoms in total. The lowest BCUT2D eigenvalue weighted by atomic mass is 9.92. The number of fused-ring (bicyclic) bond motifs is 1. The third-order valence-electron chi connectivity index (χ3n) is 4.44. The van der Waals surface area contributed by atoms with Crippen molar-refractivity contribution in [3.05, 3.63) is 46.8 Å². The highest BCUT2D eigenvalue weighted by molar-refractivity contribution is 6.10. The fraction of sp³-hybridized carbons (Fsp3) is 0.333. The Morgan fingerprint density at radius 3 is 2.84 bits per heavy atom. The molecule has 0 saturated carbocycles. The molecular formula is C18H21F2N5. The summed E-state index contributed by atoms with van der Waals surface area (Å²) in [7, 11) is 1.59. The van der Waals surface area contributed by atoms with E-state index >= 15 is 0 Å². The van der Waals surface area contributed by atoms with Gasteiger partial charge in [-0.05, 0) is 43.0 Å². The Balaban J connectivity index is 2.17. The average Bonchev–Trinajstić information content (AvgIpc) is 3.03. The molecular weight excluding hydrogens is 324 g/mol. The quantitative estimate of drug-likeness (QED) is 0.829. The second-order valence-electron chi connectivity index (χ2n) is 6.03. The molecule has 1 aromatic heterocycles. The summed E-state index contributed by atoms with van der Waals surface area (Å²) >= 11 is 0. The van der Waals surface area contributed by atoms with Crippen LogP contribution in [0.25, 0.3) is 5.57 Å². The molecule has 0 spiro atoms. The van der Waals surface area contributed by atoms with E-state index in [1.165, 1.54) is 12.4 Å². The van der Waals surface area contributed by atoms with Crippen molar-refractivity contribution in [1.82, 2.24) is 10.2 Å². The van der Waals surface area contributed by atoms with Crippen LogP contribution in [0.5, 0.6) is 0 Å². The van der Waals surface area contributed by atoms with Gasteiger partial charge in [0, 0.05) is 48.4 Å². The summed E-state index contributed by atoms with van der Waals surface area (Å²) in [5.74, 6) is 0.846. The maximum Gasteiger partial charge on any atom is 0.264 e. The van der Waals surface area contributed by atoms with E-state index in [-0.39, 0.29) is 5.56 Å². The zero-order chi connectivity index (χ0) is 18.0. The van der Waals surface area contributed by atoms with E-state index in [0.29, 0.717) is 11.1 Å². The number of hydrogen-bond donors (Lipinski definition) is 2. The van der Waals surface area contributed by atoms with Crippen LogP contribution < -0.4 is 10.6 Å². The van der Waals surface area contributed by atoms with Crippen molar-refractivity contribution in [3.63, 3.8) is 0 Å². The highest BCUT2D eigenvalue weighted by Crippen LogP contribution is 2.39. The average molecular weight is 345 g/mol. The van der Waals surface area contributed by atoms with Gasteiger partial charge in [-0.25, -0.2) is 8.78 Å². The number of allylic oxidation sites excluding steroid dienone is 1. The number of aliphatic imine (C=N–C) groups is 1. The van der Waals surface area contributed by atoms with E-state index in [1.807, 2.05) is 17.9 Å². The molecule has 1 aliphatic heterocycles. The minimum atomic E-state index is -2.60. The summed E-state index contributed by atoms with van der Waals surface area (Å²) in [4.78, 5) is 5.95. The van der Waals surface area contributed by atoms with Gasteiger partial charge in [-0.2, -0.15) is 5.10 Å². The molecule has 2 heterocycles. The maximum absolute atomic E-state index is 13.7. The minimum absolute atomic E-state index is 0.0422. The molecule has 1 aliphatic rings. The Morgan fingerprint density at radius 2 is 2.24 bits per heavy atom. The number of alkyl halides is 2. The summed E-state index contributed by atoms with van der Waals surface area (Å²) in [6.07, 6.45) is 3.72. The van der Waals surface area contributed by atoms with Gasteiger partial charge in [0.2, 0.25) is 0 Å². The molecule has 3 N–H and O–H groups in total. The third-order valence-corrected chi connectivity index (χ3v) is 4.44. The fourth-order valence-electron chi connectivity index (χ4n) is 3.27. The number of benzene rings is 1. The van der Waals surface area contributed by atoms with Gasteiger partial charge in [0.05, 0.1) is 6.20 Å². The van der Waals surface area contributed by atoms with E-state index < -0.39 is 6.43 Å². The number of aryl methyl sites for hydroxylation is 2. The molecule has 2 aromatic rings. The number of nitrogens with one attached hydrogen (secondary N) is 1. The number of H-pyrrole nitrogens is 1. The zero-order valence-corrected chi connectivity index (χ0v) is 14.3. The van der Waals surface area contributed by atoms with Crippen LogP contribution in [-0.2, 0) is 6.42 Å². The summed E-state index contributed by atoms with van der Waals surface area (Å²) in [5.41, 5.74) is 9.32. The summed E-state index contributed by atoms with van der Waals surface area (Å²) in [5, 5.41) is 7.02. The third kappa shape index (κ3) is 3.14. The Kier molecular flexibility index (Phi) is 4.83. The SMILES string of the molecule is CN=C/C(=C\N)c1cc2c(cc1C(F)F)N(c1[nH]ncc1C)CCC2. The topological polar surface area (TPSA) is 70.3 Å². The first-order chi connectivity index (χ1) is 12.1. The van der Waals surface area contributed by atoms with Gasteiger partial charge in [-0.3, -0.25) is 10.1 Å². The molecule has 0 bridgehead atoms. The zero-order valence-electron chi connectivity index (χ0n) is 14.3. The molecule has 0 unspecified atom stereocenters. The normalized spacial score (nSPS) is 15.2. The number of nitrogens with zero attached hydrogens (tertiary/aromatic N) is 3. The van der Waals surface area contributed by atoms with E-state index in [1.54, 1.807) is 19.3 Å². The van der Waals surface area contributed by atoms with Crippen molar-refractivity contribution >= 4 is 23.3 Å². The number of anilines is 2. The second-order valence-corrected chi connectivity index (χ2v) is 6.03. The Labute approximate surface area is 145 Å². The molecule has 0 atom stereocenters. The molecule has 0 amide bonds. The van der Waals surface area contributed by atoms with Crippen LogP contribution in [-0.4, -0.2) is 30.0 Å². The molecule has 132 valence electrons. The first-order valence-corrected chi connectivity index (χ1v) is 8.13. The van der Waals surface area contributed by atoms with Crippen molar-refractivity contribution in [2.75, 3.05) is 18.5 Å². The van der Waals surface area contributed by atoms with Gasteiger partial charge < -0.3 is 10.6 Å². The Hall–Kier alpha value is -2.70. The van der Waals surface area contributed by atoms with Gasteiger partial charge in [0.25, 0.3) is 6.43 Å². The number of halogens is 2. The molecule has 0 radical (unpaired) electrons. The van der Waals surface area contributed by atoms with Crippen LogP contribution >= 0.6 is 0 Å². The van der Waals surface area contributed by atoms with Gasteiger partial charge in [0.15, 0.2) is 0 Å². The molecule has 1 aromatic carbocycles. The smallest absolute Gasteiger partial charge is 0.264 e. The predicted molar refractivity (Wildman–Crippen MR) is 96.6 cm³/mol. The Morgan fingerprint density at radius 1 is 1.44 bits per heavy atom. The summed E-state index contributed by atoms with van der Waals surface area (Å²) in [6, 6.07) is 3.39. The van der Waals surface area contributed by atoms with Crippen LogP contribution in [0.2, 0.25) is 0 Å². The molecule has 0 saturated heterocycles. The summed E-state index contributed by atoms with van der Waals surface area (Å²) in [6.45, 7) is 2.70. The van der Waals surface area contributed by atoms with Crippen molar-refractivity contribution in [1.29, 1.82) is 0 Å². The van der Waals surface area contributed by atoms with Gasteiger partial charge in [-0.15, -0.1) is 0 Å². The van der Waals surface area contributed by atoms with Crippen molar-refractivity contribution in [3.8, 4) is 0 Å². The summed E-state index contributed by atoms with van der Waals surface area (Å²) < 4.78 is 27.5. The maximum atomic E-state index is 13.7. The van der Waals surface area contributed by atoms with E-state index in [4.69, 9.17) is 5.73 Å². The standard InChI is InChI=1S/C18H21F2N5/c1-11-9-23-24-18(11)25-5-3-4-12-6-14(13(8-21)10-22-2)15(17(19)20)7-16(12)25/h6-10,17H,3-5,21H2,1-2H3,(H,23,24)/b13-8+,22-10?. The van der Waals surface area contributed by atoms with Crippen LogP contribution in [0, 0.1) is 6.92 Å². The lowest BCUT2D eigenvalue weighted by molar-refractivity contribution is 0.151. The Bertz CT molecular complexity index is 823. The van der Waals surface area contributed by atoms with Crippen LogP contribution in [0.3, 0.4) is 0 Å². The van der Waals surface area contributed by atoms with E-state index in [0.717, 1.165) is 42.0 Å². The molecule has 25 heavy (non-hydrogen) atoms. The number of aromatic nitrogens is 2. The van der Waals surface area contributed by atoms with Crippen molar-refractivity contribution < 1.29 is 8.78 Å². The second kappa shape index (κ2) is 7.04. The van der Waals surface area contributed by atoms with Crippen molar-refractivity contribution in [2.45, 2.75) is 26.2 Å². The van der Waals surface area contributed by atoms with E-state index in [9.17, 15) is 8.78 Å². The molecule has 0 aliphatic carbocycles. The number of rotatable bonds is 4. The first kappa shape index (κ1) is 17.1. The monoisotopic (exact) mass is 345 g/mol. The van der Waals surface area contributed by atoms with Gasteiger partial charge in [-0.1, -0.05) is 0 Å². The number of hydrogen-bond acceptors (Lipinski definition) is 4. The molecule has 0 fully saturated rings. The number of aromatic amines is 1. The largest absolute Gasteiger partial charge is 0.404 e. The minimum Gasteiger partial charge on any atom is -0.404 e. The van der Waals surface area contributed by atoms with Crippen LogP contribution in [0.15, 0.2) is 29.5 Å². The highest BCUT2D eigenvalue weighted by Gasteiger charge is 2.25. The van der Waals surface area contributed by atoms with Gasteiger partial charge >= 0.3 is 0 Å². The highest BCUT2D eigenvalue weighted by atomic mass is 19.3. The van der Waals surface area contributed by atoms with E-state index in [2.05, 4.69) is 15.2 Å². The van der Waals surface area contributed by atoms with Crippen LogP contribution in [0.4, 0.5) is 20.3 Å². The molecule has 7 heteroatoms. The first-order valence-electron chi connectivity index (χ1n) is 8.13. The predicted octanol–water partition coefficient (Wildman–Crippen LogP) is 3.74. The van der Waals surface area contributed by atoms with Gasteiger partial charge in [0.1, 0.15) is 5.82 Å². The lowest BCUT2D eigenvalue weighted by Gasteiger charge is -2.32.